The van der Waals surface area contributed by atoms with E-state index in [0.29, 0.717) is 5.91 Å². The van der Waals surface area contributed by atoms with Crippen LogP contribution in [0.2, 0.25) is 0 Å². The van der Waals surface area contributed by atoms with Gasteiger partial charge in [0.1, 0.15) is 0 Å². The van der Waals surface area contributed by atoms with Crippen molar-refractivity contribution in [2.45, 2.75) is 32.9 Å². The van der Waals surface area contributed by atoms with Crippen molar-refractivity contribution in [3.63, 3.8) is 0 Å². The van der Waals surface area contributed by atoms with Gasteiger partial charge in [-0.3, -0.25) is 14.6 Å². The summed E-state index contributed by atoms with van der Waals surface area (Å²) in [6.45, 7) is 9.86. The summed E-state index contributed by atoms with van der Waals surface area (Å²) in [5, 5.41) is 0. The standard InChI is InChI=1S/C25H33N3O/c1-21-7-9-23(10-8-21)20-26-13-11-24(12-14-26)25(29)28-17-15-27(16-18-28)19-22-5-3-2-4-6-22/h2-10,24H,11-20H2,1H3. The Labute approximate surface area is 175 Å². The lowest BCUT2D eigenvalue weighted by molar-refractivity contribution is -0.139. The fourth-order valence-corrected chi connectivity index (χ4v) is 4.52. The Morgan fingerprint density at radius 3 is 1.93 bits per heavy atom. The molecule has 2 aliphatic heterocycles. The van der Waals surface area contributed by atoms with Crippen LogP contribution in [0.15, 0.2) is 54.6 Å². The largest absolute Gasteiger partial charge is 0.340 e. The fourth-order valence-electron chi connectivity index (χ4n) is 4.52. The molecule has 154 valence electrons. The summed E-state index contributed by atoms with van der Waals surface area (Å²) in [7, 11) is 0. The van der Waals surface area contributed by atoms with Crippen LogP contribution in [-0.2, 0) is 17.9 Å². The molecule has 4 heteroatoms. The molecule has 0 saturated carbocycles. The van der Waals surface area contributed by atoms with E-state index in [1.54, 1.807) is 0 Å². The third-order valence-electron chi connectivity index (χ3n) is 6.40. The van der Waals surface area contributed by atoms with Crippen LogP contribution in [0.4, 0.5) is 0 Å². The number of carbonyl (C=O) groups is 1. The van der Waals surface area contributed by atoms with Crippen molar-refractivity contribution in [1.29, 1.82) is 0 Å². The first-order valence-electron chi connectivity index (χ1n) is 11.0. The van der Waals surface area contributed by atoms with Crippen molar-refractivity contribution in [3.8, 4) is 0 Å². The highest BCUT2D eigenvalue weighted by Crippen LogP contribution is 2.22. The van der Waals surface area contributed by atoms with Gasteiger partial charge in [-0.05, 0) is 44.0 Å². The van der Waals surface area contributed by atoms with E-state index in [0.717, 1.165) is 65.2 Å². The van der Waals surface area contributed by atoms with Gasteiger partial charge < -0.3 is 4.90 Å². The second-order valence-electron chi connectivity index (χ2n) is 8.62. The van der Waals surface area contributed by atoms with Crippen LogP contribution in [0, 0.1) is 12.8 Å². The lowest BCUT2D eigenvalue weighted by Crippen LogP contribution is -2.51. The van der Waals surface area contributed by atoms with Crippen LogP contribution in [0.3, 0.4) is 0 Å². The molecule has 0 atom stereocenters. The summed E-state index contributed by atoms with van der Waals surface area (Å²) in [5.74, 6) is 0.601. The quantitative estimate of drug-likeness (QED) is 0.780. The molecule has 2 aliphatic rings. The molecule has 29 heavy (non-hydrogen) atoms. The van der Waals surface area contributed by atoms with Gasteiger partial charge in [0, 0.05) is 45.2 Å². The molecule has 2 aromatic rings. The fraction of sp³-hybridized carbons (Fsp3) is 0.480. The van der Waals surface area contributed by atoms with E-state index >= 15 is 0 Å². The molecule has 2 fully saturated rings. The highest BCUT2D eigenvalue weighted by molar-refractivity contribution is 5.79. The van der Waals surface area contributed by atoms with Gasteiger partial charge in [-0.25, -0.2) is 0 Å². The van der Waals surface area contributed by atoms with Gasteiger partial charge in [-0.15, -0.1) is 0 Å². The lowest BCUT2D eigenvalue weighted by Gasteiger charge is -2.38. The summed E-state index contributed by atoms with van der Waals surface area (Å²) < 4.78 is 0. The maximum Gasteiger partial charge on any atom is 0.225 e. The number of rotatable bonds is 5. The van der Waals surface area contributed by atoms with Crippen LogP contribution in [0.1, 0.15) is 29.5 Å². The number of piperazine rings is 1. The second-order valence-corrected chi connectivity index (χ2v) is 8.62. The predicted molar refractivity (Wildman–Crippen MR) is 117 cm³/mol. The molecule has 4 nitrogen and oxygen atoms in total. The van der Waals surface area contributed by atoms with E-state index in [1.807, 2.05) is 0 Å². The number of likely N-dealkylation sites (tertiary alicyclic amines) is 1. The first-order valence-corrected chi connectivity index (χ1v) is 11.0. The van der Waals surface area contributed by atoms with E-state index in [-0.39, 0.29) is 5.92 Å². The molecule has 0 spiro atoms. The van der Waals surface area contributed by atoms with Crippen LogP contribution in [-0.4, -0.2) is 59.9 Å². The van der Waals surface area contributed by atoms with E-state index in [9.17, 15) is 4.79 Å². The topological polar surface area (TPSA) is 26.8 Å². The first-order chi connectivity index (χ1) is 14.2. The predicted octanol–water partition coefficient (Wildman–Crippen LogP) is 3.55. The maximum absolute atomic E-state index is 13.0. The van der Waals surface area contributed by atoms with E-state index in [1.165, 1.54) is 16.7 Å². The second kappa shape index (κ2) is 9.55. The van der Waals surface area contributed by atoms with Crippen molar-refractivity contribution in [3.05, 3.63) is 71.3 Å². The lowest BCUT2D eigenvalue weighted by atomic mass is 9.94. The monoisotopic (exact) mass is 391 g/mol. The number of carbonyl (C=O) groups excluding carboxylic acids is 1. The van der Waals surface area contributed by atoms with E-state index in [2.05, 4.69) is 76.2 Å². The molecule has 2 saturated heterocycles. The molecule has 1 amide bonds. The van der Waals surface area contributed by atoms with Crippen molar-refractivity contribution in [2.24, 2.45) is 5.92 Å². The number of hydrogen-bond donors (Lipinski definition) is 0. The summed E-state index contributed by atoms with van der Waals surface area (Å²) in [4.78, 5) is 20.1. The minimum atomic E-state index is 0.213. The maximum atomic E-state index is 13.0. The Balaban J connectivity index is 1.20. The Bertz CT molecular complexity index is 773. The molecule has 2 heterocycles. The van der Waals surface area contributed by atoms with Gasteiger partial charge in [0.15, 0.2) is 0 Å². The summed E-state index contributed by atoms with van der Waals surface area (Å²) in [5.41, 5.74) is 4.03. The van der Waals surface area contributed by atoms with Crippen LogP contribution in [0.5, 0.6) is 0 Å². The van der Waals surface area contributed by atoms with Crippen LogP contribution < -0.4 is 0 Å². The average Bonchev–Trinajstić information content (AvgIpc) is 2.77. The number of amides is 1. The highest BCUT2D eigenvalue weighted by atomic mass is 16.2. The zero-order valence-corrected chi connectivity index (χ0v) is 17.6. The molecule has 0 aliphatic carbocycles. The van der Waals surface area contributed by atoms with Crippen molar-refractivity contribution in [2.75, 3.05) is 39.3 Å². The zero-order chi connectivity index (χ0) is 20.1. The Kier molecular flexibility index (Phi) is 6.63. The van der Waals surface area contributed by atoms with Gasteiger partial charge in [-0.1, -0.05) is 60.2 Å². The summed E-state index contributed by atoms with van der Waals surface area (Å²) >= 11 is 0. The summed E-state index contributed by atoms with van der Waals surface area (Å²) in [6.07, 6.45) is 1.99. The normalized spacial score (nSPS) is 19.4. The van der Waals surface area contributed by atoms with Gasteiger partial charge >= 0.3 is 0 Å². The molecule has 2 aromatic carbocycles. The number of aryl methyl sites for hydroxylation is 1. The third-order valence-corrected chi connectivity index (χ3v) is 6.40. The Morgan fingerprint density at radius 2 is 1.31 bits per heavy atom. The minimum absolute atomic E-state index is 0.213. The van der Waals surface area contributed by atoms with Crippen molar-refractivity contribution in [1.82, 2.24) is 14.7 Å². The average molecular weight is 392 g/mol. The van der Waals surface area contributed by atoms with Crippen LogP contribution in [0.25, 0.3) is 0 Å². The third kappa shape index (κ3) is 5.46. The summed E-state index contributed by atoms with van der Waals surface area (Å²) in [6, 6.07) is 19.4. The van der Waals surface area contributed by atoms with Crippen LogP contribution >= 0.6 is 0 Å². The molecular weight excluding hydrogens is 358 g/mol. The van der Waals surface area contributed by atoms with Crippen molar-refractivity contribution >= 4 is 5.91 Å². The van der Waals surface area contributed by atoms with Gasteiger partial charge in [0.05, 0.1) is 0 Å². The Hall–Kier alpha value is -2.17. The molecule has 0 bridgehead atoms. The van der Waals surface area contributed by atoms with Gasteiger partial charge in [0.25, 0.3) is 0 Å². The number of piperidine rings is 1. The van der Waals surface area contributed by atoms with Crippen molar-refractivity contribution < 1.29 is 4.79 Å². The molecule has 0 aromatic heterocycles. The molecule has 0 unspecified atom stereocenters. The minimum Gasteiger partial charge on any atom is -0.340 e. The van der Waals surface area contributed by atoms with Gasteiger partial charge in [-0.2, -0.15) is 0 Å². The first kappa shape index (κ1) is 20.1. The number of benzene rings is 2. The molecule has 0 radical (unpaired) electrons. The zero-order valence-electron chi connectivity index (χ0n) is 17.6. The highest BCUT2D eigenvalue weighted by Gasteiger charge is 2.30. The molecule has 4 rings (SSSR count). The Morgan fingerprint density at radius 1 is 0.759 bits per heavy atom. The van der Waals surface area contributed by atoms with E-state index in [4.69, 9.17) is 0 Å². The number of hydrogen-bond acceptors (Lipinski definition) is 3. The number of nitrogens with zero attached hydrogens (tertiary/aromatic N) is 3. The van der Waals surface area contributed by atoms with E-state index < -0.39 is 0 Å². The molecule has 0 N–H and O–H groups in total. The molecular formula is C25H33N3O. The smallest absolute Gasteiger partial charge is 0.225 e. The SMILES string of the molecule is Cc1ccc(CN2CCC(C(=O)N3CCN(Cc4ccccc4)CC3)CC2)cc1. The van der Waals surface area contributed by atoms with Gasteiger partial charge in [0.2, 0.25) is 5.91 Å².